The van der Waals surface area contributed by atoms with E-state index in [0.717, 1.165) is 12.8 Å². The molecule has 1 amide bonds. The van der Waals surface area contributed by atoms with Gasteiger partial charge in [-0.05, 0) is 19.8 Å². The molecular weight excluding hydrogens is 212 g/mol. The second-order valence-corrected chi connectivity index (χ2v) is 4.51. The van der Waals surface area contributed by atoms with Crippen molar-refractivity contribution in [2.24, 2.45) is 5.73 Å². The predicted octanol–water partition coefficient (Wildman–Crippen LogP) is 0.689. The number of ether oxygens (including phenoxy) is 1. The minimum absolute atomic E-state index is 0.0376. The highest BCUT2D eigenvalue weighted by Crippen LogP contribution is 2.20. The van der Waals surface area contributed by atoms with Gasteiger partial charge < -0.3 is 15.4 Å². The molecule has 5 heteroatoms. The second kappa shape index (κ2) is 5.42. The Bertz CT molecular complexity index is 258. The Labute approximate surface area is 95.8 Å². The zero-order valence-corrected chi connectivity index (χ0v) is 10.0. The van der Waals surface area contributed by atoms with E-state index in [4.69, 9.17) is 22.7 Å². The van der Waals surface area contributed by atoms with Gasteiger partial charge in [0.15, 0.2) is 0 Å². The van der Waals surface area contributed by atoms with Crippen LogP contribution in [0.4, 0.5) is 0 Å². The standard InChI is InChI=1S/C10H18N2O2S/c1-7-3-4-8(14-7)10(13)12(2)6-5-9(11)15/h7-8H,3-6H2,1-2H3,(H2,11,15). The monoisotopic (exact) mass is 230 g/mol. The van der Waals surface area contributed by atoms with Crippen molar-refractivity contribution in [1.29, 1.82) is 0 Å². The molecular formula is C10H18N2O2S. The van der Waals surface area contributed by atoms with Gasteiger partial charge in [-0.15, -0.1) is 0 Å². The molecule has 0 radical (unpaired) electrons. The molecule has 0 bridgehead atoms. The molecule has 0 saturated carbocycles. The van der Waals surface area contributed by atoms with Gasteiger partial charge in [-0.3, -0.25) is 4.79 Å². The van der Waals surface area contributed by atoms with Crippen LogP contribution in [-0.2, 0) is 9.53 Å². The van der Waals surface area contributed by atoms with Gasteiger partial charge >= 0.3 is 0 Å². The van der Waals surface area contributed by atoms with Crippen molar-refractivity contribution in [2.45, 2.75) is 38.4 Å². The first-order valence-corrected chi connectivity index (χ1v) is 5.60. The Morgan fingerprint density at radius 2 is 2.27 bits per heavy atom. The lowest BCUT2D eigenvalue weighted by Crippen LogP contribution is -2.37. The average molecular weight is 230 g/mol. The van der Waals surface area contributed by atoms with Crippen molar-refractivity contribution >= 4 is 23.1 Å². The highest BCUT2D eigenvalue weighted by Gasteiger charge is 2.29. The number of carbonyl (C=O) groups excluding carboxylic acids is 1. The summed E-state index contributed by atoms with van der Waals surface area (Å²) in [5.41, 5.74) is 5.38. The van der Waals surface area contributed by atoms with E-state index in [9.17, 15) is 4.79 Å². The molecule has 4 nitrogen and oxygen atoms in total. The Balaban J connectivity index is 2.35. The average Bonchev–Trinajstić information content (AvgIpc) is 2.60. The molecule has 1 heterocycles. The van der Waals surface area contributed by atoms with Crippen LogP contribution in [-0.4, -0.2) is 41.6 Å². The lowest BCUT2D eigenvalue weighted by Gasteiger charge is -2.20. The first kappa shape index (κ1) is 12.4. The van der Waals surface area contributed by atoms with Crippen LogP contribution in [0.3, 0.4) is 0 Å². The van der Waals surface area contributed by atoms with E-state index < -0.39 is 0 Å². The first-order chi connectivity index (χ1) is 7.00. The third-order valence-electron chi connectivity index (χ3n) is 2.58. The molecule has 1 fully saturated rings. The zero-order valence-electron chi connectivity index (χ0n) is 9.23. The van der Waals surface area contributed by atoms with Crippen LogP contribution < -0.4 is 5.73 Å². The zero-order chi connectivity index (χ0) is 11.4. The summed E-state index contributed by atoms with van der Waals surface area (Å²) in [7, 11) is 1.76. The summed E-state index contributed by atoms with van der Waals surface area (Å²) < 4.78 is 5.50. The fourth-order valence-electron chi connectivity index (χ4n) is 1.62. The number of nitrogens with zero attached hydrogens (tertiary/aromatic N) is 1. The molecule has 0 aliphatic carbocycles. The molecule has 2 unspecified atom stereocenters. The van der Waals surface area contributed by atoms with Crippen LogP contribution in [0.1, 0.15) is 26.2 Å². The second-order valence-electron chi connectivity index (χ2n) is 3.99. The first-order valence-electron chi connectivity index (χ1n) is 5.19. The van der Waals surface area contributed by atoms with E-state index in [2.05, 4.69) is 0 Å². The quantitative estimate of drug-likeness (QED) is 0.722. The van der Waals surface area contributed by atoms with Gasteiger partial charge in [0, 0.05) is 20.0 Å². The number of hydrogen-bond donors (Lipinski definition) is 1. The number of likely N-dealkylation sites (N-methyl/N-ethyl adjacent to an activating group) is 1. The third-order valence-corrected chi connectivity index (χ3v) is 2.78. The van der Waals surface area contributed by atoms with Crippen molar-refractivity contribution in [2.75, 3.05) is 13.6 Å². The fourth-order valence-corrected chi connectivity index (χ4v) is 1.71. The van der Waals surface area contributed by atoms with Gasteiger partial charge in [0.25, 0.3) is 5.91 Å². The van der Waals surface area contributed by atoms with Crippen LogP contribution >= 0.6 is 12.2 Å². The third kappa shape index (κ3) is 3.76. The number of thiocarbonyl (C=S) groups is 1. The van der Waals surface area contributed by atoms with Gasteiger partial charge in [-0.25, -0.2) is 0 Å². The number of amides is 1. The van der Waals surface area contributed by atoms with Crippen LogP contribution in [0.5, 0.6) is 0 Å². The molecule has 15 heavy (non-hydrogen) atoms. The number of rotatable bonds is 4. The lowest BCUT2D eigenvalue weighted by molar-refractivity contribution is -0.141. The maximum Gasteiger partial charge on any atom is 0.251 e. The van der Waals surface area contributed by atoms with Gasteiger partial charge in [0.1, 0.15) is 6.10 Å². The normalized spacial score (nSPS) is 25.2. The van der Waals surface area contributed by atoms with E-state index >= 15 is 0 Å². The summed E-state index contributed by atoms with van der Waals surface area (Å²) in [5.74, 6) is 0.0376. The Morgan fingerprint density at radius 1 is 1.60 bits per heavy atom. The van der Waals surface area contributed by atoms with Crippen LogP contribution in [0.2, 0.25) is 0 Å². The molecule has 2 atom stereocenters. The van der Waals surface area contributed by atoms with Gasteiger partial charge in [-0.1, -0.05) is 12.2 Å². The van der Waals surface area contributed by atoms with Crippen LogP contribution in [0, 0.1) is 0 Å². The van der Waals surface area contributed by atoms with E-state index in [1.807, 2.05) is 6.92 Å². The summed E-state index contributed by atoms with van der Waals surface area (Å²) in [6, 6.07) is 0. The van der Waals surface area contributed by atoms with E-state index in [0.29, 0.717) is 18.0 Å². The molecule has 0 aromatic rings. The SMILES string of the molecule is CC1CCC(C(=O)N(C)CCC(N)=S)O1. The summed E-state index contributed by atoms with van der Waals surface area (Å²) in [5, 5.41) is 0. The van der Waals surface area contributed by atoms with Crippen molar-refractivity contribution in [3.05, 3.63) is 0 Å². The van der Waals surface area contributed by atoms with Crippen molar-refractivity contribution in [3.8, 4) is 0 Å². The topological polar surface area (TPSA) is 55.6 Å². The molecule has 1 saturated heterocycles. The van der Waals surface area contributed by atoms with Crippen molar-refractivity contribution in [1.82, 2.24) is 4.90 Å². The van der Waals surface area contributed by atoms with Crippen LogP contribution in [0.25, 0.3) is 0 Å². The molecule has 0 aromatic heterocycles. The summed E-state index contributed by atoms with van der Waals surface area (Å²) in [4.78, 5) is 13.9. The lowest BCUT2D eigenvalue weighted by atomic mass is 10.2. The molecule has 2 N–H and O–H groups in total. The van der Waals surface area contributed by atoms with Gasteiger partial charge in [0.05, 0.1) is 11.1 Å². The Kier molecular flexibility index (Phi) is 4.47. The molecule has 1 aliphatic heterocycles. The Hall–Kier alpha value is -0.680. The summed E-state index contributed by atoms with van der Waals surface area (Å²) in [6.45, 7) is 2.56. The predicted molar refractivity (Wildman–Crippen MR) is 62.6 cm³/mol. The summed E-state index contributed by atoms with van der Waals surface area (Å²) >= 11 is 4.76. The van der Waals surface area contributed by atoms with Crippen molar-refractivity contribution < 1.29 is 9.53 Å². The molecule has 0 aromatic carbocycles. The largest absolute Gasteiger partial charge is 0.393 e. The van der Waals surface area contributed by atoms with Crippen LogP contribution in [0.15, 0.2) is 0 Å². The minimum Gasteiger partial charge on any atom is -0.393 e. The summed E-state index contributed by atoms with van der Waals surface area (Å²) in [6.07, 6.45) is 2.27. The number of carbonyl (C=O) groups is 1. The highest BCUT2D eigenvalue weighted by molar-refractivity contribution is 7.80. The fraction of sp³-hybridized carbons (Fsp3) is 0.800. The maximum atomic E-state index is 11.8. The Morgan fingerprint density at radius 3 is 2.73 bits per heavy atom. The van der Waals surface area contributed by atoms with E-state index in [-0.39, 0.29) is 18.1 Å². The smallest absolute Gasteiger partial charge is 0.251 e. The molecule has 86 valence electrons. The maximum absolute atomic E-state index is 11.8. The van der Waals surface area contributed by atoms with E-state index in [1.54, 1.807) is 11.9 Å². The number of nitrogens with two attached hydrogens (primary N) is 1. The van der Waals surface area contributed by atoms with Gasteiger partial charge in [-0.2, -0.15) is 0 Å². The minimum atomic E-state index is -0.267. The number of hydrogen-bond acceptors (Lipinski definition) is 3. The van der Waals surface area contributed by atoms with Crippen molar-refractivity contribution in [3.63, 3.8) is 0 Å². The highest BCUT2D eigenvalue weighted by atomic mass is 32.1. The molecule has 1 rings (SSSR count). The van der Waals surface area contributed by atoms with Gasteiger partial charge in [0.2, 0.25) is 0 Å². The molecule has 0 spiro atoms. The molecule has 1 aliphatic rings. The van der Waals surface area contributed by atoms with E-state index in [1.165, 1.54) is 0 Å².